The molecule has 0 bridgehead atoms. The number of aromatic nitrogens is 4. The summed E-state index contributed by atoms with van der Waals surface area (Å²) in [5.41, 5.74) is 0.876. The lowest BCUT2D eigenvalue weighted by Crippen LogP contribution is -2.30. The Kier molecular flexibility index (Phi) is 6.31. The first-order chi connectivity index (χ1) is 15.1. The van der Waals surface area contributed by atoms with Gasteiger partial charge in [0.2, 0.25) is 0 Å². The Bertz CT molecular complexity index is 1110. The highest BCUT2D eigenvalue weighted by Gasteiger charge is 2.20. The zero-order valence-corrected chi connectivity index (χ0v) is 18.0. The predicted molar refractivity (Wildman–Crippen MR) is 119 cm³/mol. The lowest BCUT2D eigenvalue weighted by Gasteiger charge is -2.28. The van der Waals surface area contributed by atoms with Gasteiger partial charge in [-0.3, -0.25) is 14.9 Å². The molecule has 11 heteroatoms. The quantitative estimate of drug-likeness (QED) is 0.257. The SMILES string of the molecule is CSc1nc(N2CCCCC2)c2cnn(CCNC(=O)c3cccc([N+](=O)[O-])c3)c2n1. The highest BCUT2D eigenvalue weighted by molar-refractivity contribution is 7.98. The van der Waals surface area contributed by atoms with Crippen LogP contribution in [0.25, 0.3) is 11.0 Å². The van der Waals surface area contributed by atoms with Crippen molar-refractivity contribution in [3.05, 3.63) is 46.1 Å². The van der Waals surface area contributed by atoms with E-state index in [9.17, 15) is 14.9 Å². The van der Waals surface area contributed by atoms with Crippen LogP contribution in [-0.4, -0.2) is 56.5 Å². The van der Waals surface area contributed by atoms with Crippen LogP contribution in [0.4, 0.5) is 11.5 Å². The number of anilines is 1. The Labute approximate surface area is 183 Å². The minimum absolute atomic E-state index is 0.114. The molecule has 10 nitrogen and oxygen atoms in total. The van der Waals surface area contributed by atoms with Crippen LogP contribution in [0.2, 0.25) is 0 Å². The molecule has 4 rings (SSSR count). The second-order valence-corrected chi connectivity index (χ2v) is 8.02. The third-order valence-electron chi connectivity index (χ3n) is 5.22. The maximum absolute atomic E-state index is 12.4. The number of nitrogens with zero attached hydrogens (tertiary/aromatic N) is 6. The van der Waals surface area contributed by atoms with Gasteiger partial charge in [-0.1, -0.05) is 17.8 Å². The molecule has 1 amide bonds. The summed E-state index contributed by atoms with van der Waals surface area (Å²) in [6.07, 6.45) is 7.27. The third kappa shape index (κ3) is 4.61. The summed E-state index contributed by atoms with van der Waals surface area (Å²) in [6, 6.07) is 5.67. The van der Waals surface area contributed by atoms with Crippen LogP contribution >= 0.6 is 11.8 Å². The van der Waals surface area contributed by atoms with Crippen molar-refractivity contribution < 1.29 is 9.72 Å². The molecule has 1 fully saturated rings. The van der Waals surface area contributed by atoms with Crippen LogP contribution in [0.5, 0.6) is 0 Å². The van der Waals surface area contributed by atoms with Gasteiger partial charge in [0.15, 0.2) is 10.8 Å². The molecular weight excluding hydrogens is 418 g/mol. The van der Waals surface area contributed by atoms with Crippen LogP contribution in [0.1, 0.15) is 29.6 Å². The van der Waals surface area contributed by atoms with Crippen molar-refractivity contribution in [3.63, 3.8) is 0 Å². The van der Waals surface area contributed by atoms with E-state index in [2.05, 4.69) is 20.3 Å². The Morgan fingerprint density at radius 1 is 1.26 bits per heavy atom. The zero-order chi connectivity index (χ0) is 21.8. The highest BCUT2D eigenvalue weighted by atomic mass is 32.2. The normalized spacial score (nSPS) is 14.0. The average Bonchev–Trinajstić information content (AvgIpc) is 3.21. The van der Waals surface area contributed by atoms with Crippen LogP contribution in [-0.2, 0) is 6.54 Å². The van der Waals surface area contributed by atoms with Gasteiger partial charge in [-0.15, -0.1) is 0 Å². The zero-order valence-electron chi connectivity index (χ0n) is 17.2. The van der Waals surface area contributed by atoms with Crippen molar-refractivity contribution in [1.29, 1.82) is 0 Å². The van der Waals surface area contributed by atoms with Gasteiger partial charge in [0.1, 0.15) is 5.82 Å². The molecule has 0 atom stereocenters. The van der Waals surface area contributed by atoms with Gasteiger partial charge in [-0.25, -0.2) is 14.6 Å². The van der Waals surface area contributed by atoms with E-state index in [0.29, 0.717) is 18.2 Å². The van der Waals surface area contributed by atoms with Crippen molar-refractivity contribution in [1.82, 2.24) is 25.1 Å². The lowest BCUT2D eigenvalue weighted by molar-refractivity contribution is -0.384. The predicted octanol–water partition coefficient (Wildman–Crippen LogP) is 2.88. The number of carbonyl (C=O) groups excluding carboxylic acids is 1. The van der Waals surface area contributed by atoms with E-state index in [-0.39, 0.29) is 17.2 Å². The van der Waals surface area contributed by atoms with Crippen LogP contribution in [0.15, 0.2) is 35.6 Å². The minimum Gasteiger partial charge on any atom is -0.356 e. The maximum Gasteiger partial charge on any atom is 0.270 e. The number of thioether (sulfide) groups is 1. The molecule has 1 saturated heterocycles. The molecular formula is C20H23N7O3S. The highest BCUT2D eigenvalue weighted by Crippen LogP contribution is 2.28. The summed E-state index contributed by atoms with van der Waals surface area (Å²) in [5, 5.41) is 19.8. The maximum atomic E-state index is 12.4. The van der Waals surface area contributed by atoms with Gasteiger partial charge in [0.05, 0.1) is 23.1 Å². The van der Waals surface area contributed by atoms with Gasteiger partial charge in [-0.2, -0.15) is 5.10 Å². The van der Waals surface area contributed by atoms with Gasteiger partial charge in [0.25, 0.3) is 11.6 Å². The number of nitro groups is 1. The second-order valence-electron chi connectivity index (χ2n) is 7.25. The first-order valence-corrected chi connectivity index (χ1v) is 11.3. The summed E-state index contributed by atoms with van der Waals surface area (Å²) in [4.78, 5) is 34.4. The summed E-state index contributed by atoms with van der Waals surface area (Å²) < 4.78 is 1.76. The third-order valence-corrected chi connectivity index (χ3v) is 5.77. The van der Waals surface area contributed by atoms with Gasteiger partial charge in [0, 0.05) is 37.3 Å². The molecule has 3 aromatic rings. The summed E-state index contributed by atoms with van der Waals surface area (Å²) in [7, 11) is 0. The molecule has 0 saturated carbocycles. The Morgan fingerprint density at radius 3 is 2.81 bits per heavy atom. The molecule has 0 radical (unpaired) electrons. The van der Waals surface area contributed by atoms with Gasteiger partial charge < -0.3 is 10.2 Å². The molecule has 31 heavy (non-hydrogen) atoms. The molecule has 3 heterocycles. The number of amides is 1. The van der Waals surface area contributed by atoms with E-state index in [0.717, 1.165) is 42.8 Å². The molecule has 1 aliphatic rings. The number of nitrogens with one attached hydrogen (secondary N) is 1. The fourth-order valence-electron chi connectivity index (χ4n) is 3.66. The second kappa shape index (κ2) is 9.29. The standard InChI is InChI=1S/C20H23N7O3S/c1-31-20-23-17(25-9-3-2-4-10-25)16-13-22-26(18(16)24-20)11-8-21-19(28)14-6-5-7-15(12-14)27(29)30/h5-7,12-13H,2-4,8-11H2,1H3,(H,21,28). The van der Waals surface area contributed by atoms with Crippen molar-refractivity contribution in [2.24, 2.45) is 0 Å². The molecule has 0 spiro atoms. The number of non-ortho nitro benzene ring substituents is 1. The monoisotopic (exact) mass is 441 g/mol. The molecule has 1 aliphatic heterocycles. The molecule has 0 aliphatic carbocycles. The number of rotatable bonds is 7. The minimum atomic E-state index is -0.518. The van der Waals surface area contributed by atoms with Crippen molar-refractivity contribution in [2.75, 3.05) is 30.8 Å². The fourth-order valence-corrected chi connectivity index (χ4v) is 4.02. The topological polar surface area (TPSA) is 119 Å². The summed E-state index contributed by atoms with van der Waals surface area (Å²) in [5.74, 6) is 0.550. The first kappa shape index (κ1) is 21.0. The smallest absolute Gasteiger partial charge is 0.270 e. The number of benzene rings is 1. The van der Waals surface area contributed by atoms with Crippen LogP contribution in [0.3, 0.4) is 0 Å². The number of fused-ring (bicyclic) bond motifs is 1. The fraction of sp³-hybridized carbons (Fsp3) is 0.400. The van der Waals surface area contributed by atoms with Crippen LogP contribution < -0.4 is 10.2 Å². The van der Waals surface area contributed by atoms with Crippen molar-refractivity contribution in [2.45, 2.75) is 31.0 Å². The first-order valence-electron chi connectivity index (χ1n) is 10.1. The number of piperidine rings is 1. The van der Waals surface area contributed by atoms with Gasteiger partial charge in [-0.05, 0) is 31.6 Å². The number of hydrogen-bond donors (Lipinski definition) is 1. The van der Waals surface area contributed by atoms with E-state index < -0.39 is 4.92 Å². The number of carbonyl (C=O) groups is 1. The number of hydrogen-bond acceptors (Lipinski definition) is 8. The molecule has 2 aromatic heterocycles. The van der Waals surface area contributed by atoms with E-state index in [4.69, 9.17) is 4.98 Å². The van der Waals surface area contributed by atoms with Crippen molar-refractivity contribution in [3.8, 4) is 0 Å². The Hall–Kier alpha value is -3.21. The Balaban J connectivity index is 1.49. The lowest BCUT2D eigenvalue weighted by atomic mass is 10.1. The molecule has 1 aromatic carbocycles. The largest absolute Gasteiger partial charge is 0.356 e. The van der Waals surface area contributed by atoms with E-state index in [1.807, 2.05) is 6.26 Å². The molecule has 162 valence electrons. The average molecular weight is 442 g/mol. The number of nitro benzene ring substituents is 1. The van der Waals surface area contributed by atoms with Crippen molar-refractivity contribution >= 4 is 40.2 Å². The van der Waals surface area contributed by atoms with E-state index in [1.165, 1.54) is 36.4 Å². The van der Waals surface area contributed by atoms with E-state index >= 15 is 0 Å². The van der Waals surface area contributed by atoms with E-state index in [1.54, 1.807) is 16.9 Å². The Morgan fingerprint density at radius 2 is 2.06 bits per heavy atom. The van der Waals surface area contributed by atoms with Crippen LogP contribution in [0, 0.1) is 10.1 Å². The van der Waals surface area contributed by atoms with Gasteiger partial charge >= 0.3 is 0 Å². The summed E-state index contributed by atoms with van der Waals surface area (Å²) >= 11 is 1.49. The molecule has 1 N–H and O–H groups in total. The molecule has 0 unspecified atom stereocenters. The summed E-state index contributed by atoms with van der Waals surface area (Å²) in [6.45, 7) is 2.69.